The van der Waals surface area contributed by atoms with Gasteiger partial charge >= 0.3 is 0 Å². The van der Waals surface area contributed by atoms with E-state index in [1.807, 2.05) is 56.3 Å². The van der Waals surface area contributed by atoms with Gasteiger partial charge < -0.3 is 10.3 Å². The maximum absolute atomic E-state index is 12.5. The van der Waals surface area contributed by atoms with Gasteiger partial charge in [0.1, 0.15) is 0 Å². The van der Waals surface area contributed by atoms with Gasteiger partial charge in [-0.3, -0.25) is 9.59 Å². The lowest BCUT2D eigenvalue weighted by molar-refractivity contribution is -0.116. The summed E-state index contributed by atoms with van der Waals surface area (Å²) in [6, 6.07) is 13.1. The highest BCUT2D eigenvalue weighted by atomic mass is 16.2. The molecule has 3 aromatic heterocycles. The number of H-pyrrole nitrogens is 1. The molecule has 7 heteroatoms. The fourth-order valence-corrected chi connectivity index (χ4v) is 3.50. The van der Waals surface area contributed by atoms with Crippen molar-refractivity contribution < 1.29 is 9.59 Å². The van der Waals surface area contributed by atoms with Crippen LogP contribution in [0, 0.1) is 13.8 Å². The largest absolute Gasteiger partial charge is 0.360 e. The van der Waals surface area contributed by atoms with E-state index in [-0.39, 0.29) is 0 Å². The summed E-state index contributed by atoms with van der Waals surface area (Å²) in [5.41, 5.74) is 4.10. The molecule has 0 aliphatic rings. The van der Waals surface area contributed by atoms with Crippen molar-refractivity contribution in [2.75, 3.05) is 6.54 Å². The molecule has 0 radical (unpaired) electrons. The number of fused-ring (bicyclic) bond motifs is 1. The predicted molar refractivity (Wildman–Crippen MR) is 110 cm³/mol. The van der Waals surface area contributed by atoms with Crippen LogP contribution in [0.2, 0.25) is 0 Å². The molecule has 0 fully saturated rings. The van der Waals surface area contributed by atoms with Crippen LogP contribution in [0.25, 0.3) is 16.7 Å². The van der Waals surface area contributed by atoms with Gasteiger partial charge in [0.05, 0.1) is 11.3 Å². The molecule has 0 aliphatic carbocycles. The van der Waals surface area contributed by atoms with Gasteiger partial charge in [-0.25, -0.2) is 9.67 Å². The fraction of sp³-hybridized carbons (Fsp3) is 0.182. The van der Waals surface area contributed by atoms with Gasteiger partial charge in [-0.1, -0.05) is 24.3 Å². The van der Waals surface area contributed by atoms with E-state index >= 15 is 0 Å². The summed E-state index contributed by atoms with van der Waals surface area (Å²) in [6.07, 6.45) is 3.89. The first-order valence-electron chi connectivity index (χ1n) is 9.41. The number of nitrogens with one attached hydrogen (secondary N) is 2. The summed E-state index contributed by atoms with van der Waals surface area (Å²) in [4.78, 5) is 32.2. The number of pyridine rings is 1. The number of nitrogens with zero attached hydrogens (tertiary/aromatic N) is 3. The summed E-state index contributed by atoms with van der Waals surface area (Å²) in [6.45, 7) is 4.26. The summed E-state index contributed by atoms with van der Waals surface area (Å²) in [5.74, 6) is -0.403. The Morgan fingerprint density at radius 2 is 1.90 bits per heavy atom. The van der Waals surface area contributed by atoms with E-state index in [0.29, 0.717) is 18.5 Å². The van der Waals surface area contributed by atoms with Crippen LogP contribution in [0.1, 0.15) is 27.3 Å². The number of aryl methyl sites for hydroxylation is 1. The molecule has 0 aliphatic heterocycles. The molecule has 2 N–H and O–H groups in total. The minimum atomic E-state index is -0.609. The van der Waals surface area contributed by atoms with Crippen molar-refractivity contribution in [2.45, 2.75) is 20.3 Å². The SMILES string of the molecule is Cc1nn(-c2ccccn2)c(C)c1CCNC(=O)C(=O)c1c[nH]c2ccccc12. The highest BCUT2D eigenvalue weighted by Crippen LogP contribution is 2.19. The predicted octanol–water partition coefficient (Wildman–Crippen LogP) is 2.91. The van der Waals surface area contributed by atoms with Crippen LogP contribution in [0.4, 0.5) is 0 Å². The Morgan fingerprint density at radius 1 is 1.10 bits per heavy atom. The monoisotopic (exact) mass is 387 g/mol. The van der Waals surface area contributed by atoms with Gasteiger partial charge in [0.15, 0.2) is 5.82 Å². The normalized spacial score (nSPS) is 11.0. The summed E-state index contributed by atoms with van der Waals surface area (Å²) in [5, 5.41) is 8.04. The molecule has 0 unspecified atom stereocenters. The van der Waals surface area contributed by atoms with Crippen LogP contribution in [0.15, 0.2) is 54.9 Å². The van der Waals surface area contributed by atoms with Gasteiger partial charge in [-0.2, -0.15) is 5.10 Å². The topological polar surface area (TPSA) is 92.7 Å². The van der Waals surface area contributed by atoms with Crippen molar-refractivity contribution in [3.8, 4) is 5.82 Å². The van der Waals surface area contributed by atoms with E-state index in [1.54, 1.807) is 17.1 Å². The van der Waals surface area contributed by atoms with Crippen LogP contribution in [-0.4, -0.2) is 38.0 Å². The number of rotatable bonds is 6. The first-order chi connectivity index (χ1) is 14.1. The first kappa shape index (κ1) is 18.6. The van der Waals surface area contributed by atoms with E-state index in [9.17, 15) is 9.59 Å². The van der Waals surface area contributed by atoms with Gasteiger partial charge in [0.2, 0.25) is 0 Å². The van der Waals surface area contributed by atoms with Crippen molar-refractivity contribution >= 4 is 22.6 Å². The Balaban J connectivity index is 1.43. The number of carbonyl (C=O) groups is 2. The minimum Gasteiger partial charge on any atom is -0.360 e. The lowest BCUT2D eigenvalue weighted by Gasteiger charge is -2.06. The highest BCUT2D eigenvalue weighted by Gasteiger charge is 2.20. The van der Waals surface area contributed by atoms with Gasteiger partial charge in [0.25, 0.3) is 11.7 Å². The third kappa shape index (κ3) is 3.54. The first-order valence-corrected chi connectivity index (χ1v) is 9.41. The zero-order chi connectivity index (χ0) is 20.4. The van der Waals surface area contributed by atoms with E-state index in [2.05, 4.69) is 20.4 Å². The number of ketones is 1. The molecule has 146 valence electrons. The Hall–Kier alpha value is -3.74. The molecule has 0 spiro atoms. The number of amides is 1. The minimum absolute atomic E-state index is 0.350. The van der Waals surface area contributed by atoms with Crippen molar-refractivity contribution in [2.24, 2.45) is 0 Å². The van der Waals surface area contributed by atoms with Gasteiger partial charge in [-0.15, -0.1) is 0 Å². The molecule has 0 atom stereocenters. The van der Waals surface area contributed by atoms with E-state index in [4.69, 9.17) is 0 Å². The summed E-state index contributed by atoms with van der Waals surface area (Å²) < 4.78 is 1.80. The smallest absolute Gasteiger partial charge is 0.292 e. The standard InChI is InChI=1S/C22H21N5O2/c1-14-16(15(2)27(26-14)20-9-5-6-11-23-20)10-12-24-22(29)21(28)18-13-25-19-8-4-3-7-17(18)19/h3-9,11,13,25H,10,12H2,1-2H3,(H,24,29). The second-order valence-corrected chi connectivity index (χ2v) is 6.83. The number of carbonyl (C=O) groups excluding carboxylic acids is 2. The number of aromatic amines is 1. The molecule has 0 saturated heterocycles. The average molecular weight is 387 g/mol. The molecule has 1 aromatic carbocycles. The third-order valence-electron chi connectivity index (χ3n) is 5.01. The second-order valence-electron chi connectivity index (χ2n) is 6.83. The fourth-order valence-electron chi connectivity index (χ4n) is 3.50. The van der Waals surface area contributed by atoms with E-state index in [0.717, 1.165) is 33.7 Å². The van der Waals surface area contributed by atoms with Crippen molar-refractivity contribution in [1.82, 2.24) is 25.1 Å². The van der Waals surface area contributed by atoms with Crippen molar-refractivity contribution in [3.05, 3.63) is 77.4 Å². The second kappa shape index (κ2) is 7.71. The molecule has 3 heterocycles. The van der Waals surface area contributed by atoms with Crippen molar-refractivity contribution in [1.29, 1.82) is 0 Å². The Kier molecular flexibility index (Phi) is 4.95. The molecular weight excluding hydrogens is 366 g/mol. The molecule has 7 nitrogen and oxygen atoms in total. The lowest BCUT2D eigenvalue weighted by Crippen LogP contribution is -2.32. The van der Waals surface area contributed by atoms with Crippen LogP contribution in [0.5, 0.6) is 0 Å². The molecule has 4 rings (SSSR count). The zero-order valence-corrected chi connectivity index (χ0v) is 16.3. The van der Waals surface area contributed by atoms with Gasteiger partial charge in [-0.05, 0) is 44.0 Å². The van der Waals surface area contributed by atoms with Gasteiger partial charge in [0, 0.05) is 35.5 Å². The number of aromatic nitrogens is 4. The molecular formula is C22H21N5O2. The number of benzene rings is 1. The van der Waals surface area contributed by atoms with Crippen LogP contribution in [0.3, 0.4) is 0 Å². The van der Waals surface area contributed by atoms with E-state index in [1.165, 1.54) is 0 Å². The maximum Gasteiger partial charge on any atom is 0.292 e. The van der Waals surface area contributed by atoms with Crippen LogP contribution >= 0.6 is 0 Å². The zero-order valence-electron chi connectivity index (χ0n) is 16.3. The molecule has 0 bridgehead atoms. The Morgan fingerprint density at radius 3 is 2.69 bits per heavy atom. The highest BCUT2D eigenvalue weighted by molar-refractivity contribution is 6.44. The summed E-state index contributed by atoms with van der Waals surface area (Å²) in [7, 11) is 0. The maximum atomic E-state index is 12.5. The van der Waals surface area contributed by atoms with Crippen LogP contribution in [-0.2, 0) is 11.2 Å². The number of hydrogen-bond donors (Lipinski definition) is 2. The summed E-state index contributed by atoms with van der Waals surface area (Å²) >= 11 is 0. The molecule has 4 aromatic rings. The average Bonchev–Trinajstić information content (AvgIpc) is 3.30. The lowest BCUT2D eigenvalue weighted by atomic mass is 10.1. The third-order valence-corrected chi connectivity index (χ3v) is 5.01. The quantitative estimate of drug-likeness (QED) is 0.393. The van der Waals surface area contributed by atoms with Crippen molar-refractivity contribution in [3.63, 3.8) is 0 Å². The number of Topliss-reactive ketones (excluding diaryl/α,β-unsaturated/α-hetero) is 1. The molecule has 0 saturated carbocycles. The Labute approximate surface area is 167 Å². The Bertz CT molecular complexity index is 1190. The molecule has 29 heavy (non-hydrogen) atoms. The number of hydrogen-bond acceptors (Lipinski definition) is 4. The number of para-hydroxylation sites is 1. The van der Waals surface area contributed by atoms with Crippen LogP contribution < -0.4 is 5.32 Å². The molecule has 1 amide bonds. The van der Waals surface area contributed by atoms with E-state index < -0.39 is 11.7 Å².